The number of hydrogen-bond acceptors (Lipinski definition) is 4. The fourth-order valence-electron chi connectivity index (χ4n) is 0.632. The first kappa shape index (κ1) is 33.1. The lowest BCUT2D eigenvalue weighted by Crippen LogP contribution is -1.75. The van der Waals surface area contributed by atoms with Crippen molar-refractivity contribution in [2.24, 2.45) is 0 Å². The Balaban J connectivity index is -0.0000000533. The van der Waals surface area contributed by atoms with Crippen molar-refractivity contribution in [1.29, 1.82) is 0 Å². The molecule has 0 aromatic carbocycles. The molecular weight excluding hydrogens is 283 g/mol. The molecule has 5 heteroatoms. The van der Waals surface area contributed by atoms with Crippen LogP contribution < -0.4 is 0 Å². The maximum Gasteiger partial charge on any atom is 0.0430 e. The van der Waals surface area contributed by atoms with E-state index in [0.717, 1.165) is 51.4 Å². The normalized spacial score (nSPS) is 8.00. The predicted octanol–water partition coefficient (Wildman–Crippen LogP) is 2.73. The summed E-state index contributed by atoms with van der Waals surface area (Å²) in [6.45, 7) is 9.58. The Hall–Kier alpha value is 0.372. The van der Waals surface area contributed by atoms with Crippen molar-refractivity contribution in [3.05, 3.63) is 0 Å². The minimum atomic E-state index is 0. The van der Waals surface area contributed by atoms with E-state index in [-0.39, 0.29) is 17.4 Å². The second kappa shape index (κ2) is 49.9. The van der Waals surface area contributed by atoms with Gasteiger partial charge < -0.3 is 20.4 Å². The standard InChI is InChI=1S/4C4H10O.Al/c4*1-2-3-4-5;/h4*5H,2-4H2,1H3;. The molecule has 0 aliphatic carbocycles. The molecule has 0 amide bonds. The van der Waals surface area contributed by atoms with Gasteiger partial charge in [-0.2, -0.15) is 0 Å². The molecule has 0 rings (SSSR count). The topological polar surface area (TPSA) is 80.9 Å². The molecule has 0 aromatic heterocycles. The molecule has 0 bridgehead atoms. The first-order valence-electron chi connectivity index (χ1n) is 8.09. The van der Waals surface area contributed by atoms with Crippen LogP contribution in [0.2, 0.25) is 0 Å². The van der Waals surface area contributed by atoms with Crippen LogP contribution in [0.3, 0.4) is 0 Å². The SMILES string of the molecule is CCCCO.CCCCO.CCCCO.CCCCO.[Al]. The molecule has 3 radical (unpaired) electrons. The van der Waals surface area contributed by atoms with Crippen LogP contribution in [0.4, 0.5) is 0 Å². The van der Waals surface area contributed by atoms with Crippen LogP contribution in [0, 0.1) is 0 Å². The summed E-state index contributed by atoms with van der Waals surface area (Å²) in [5.74, 6) is 0. The predicted molar refractivity (Wildman–Crippen MR) is 93.7 cm³/mol. The first-order valence-corrected chi connectivity index (χ1v) is 8.09. The summed E-state index contributed by atoms with van der Waals surface area (Å²) in [5, 5.41) is 32.3. The molecule has 0 aliphatic rings. The maximum absolute atomic E-state index is 8.07. The summed E-state index contributed by atoms with van der Waals surface area (Å²) >= 11 is 0. The van der Waals surface area contributed by atoms with E-state index in [9.17, 15) is 0 Å². The Labute approximate surface area is 143 Å². The van der Waals surface area contributed by atoms with Gasteiger partial charge in [0.1, 0.15) is 0 Å². The Morgan fingerprint density at radius 2 is 0.571 bits per heavy atom. The molecule has 0 atom stereocenters. The van der Waals surface area contributed by atoms with E-state index in [1.807, 2.05) is 0 Å². The molecular formula is C16H40AlO4. The van der Waals surface area contributed by atoms with E-state index in [0.29, 0.717) is 26.4 Å². The number of aliphatic hydroxyl groups excluding tert-OH is 4. The zero-order valence-electron chi connectivity index (χ0n) is 14.9. The van der Waals surface area contributed by atoms with Gasteiger partial charge in [-0.25, -0.2) is 0 Å². The Morgan fingerprint density at radius 3 is 0.571 bits per heavy atom. The van der Waals surface area contributed by atoms with E-state index in [2.05, 4.69) is 27.7 Å². The van der Waals surface area contributed by atoms with Gasteiger partial charge in [0.25, 0.3) is 0 Å². The monoisotopic (exact) mass is 323 g/mol. The zero-order valence-corrected chi connectivity index (χ0v) is 16.0. The molecule has 0 spiro atoms. The van der Waals surface area contributed by atoms with Gasteiger partial charge in [0.05, 0.1) is 0 Å². The van der Waals surface area contributed by atoms with Gasteiger partial charge in [0.15, 0.2) is 0 Å². The van der Waals surface area contributed by atoms with Crippen molar-refractivity contribution in [3.8, 4) is 0 Å². The van der Waals surface area contributed by atoms with Gasteiger partial charge in [0.2, 0.25) is 0 Å². The van der Waals surface area contributed by atoms with Crippen molar-refractivity contribution in [2.75, 3.05) is 26.4 Å². The summed E-state index contributed by atoms with van der Waals surface area (Å²) in [7, 11) is 0. The molecule has 0 aliphatic heterocycles. The van der Waals surface area contributed by atoms with Crippen molar-refractivity contribution < 1.29 is 20.4 Å². The van der Waals surface area contributed by atoms with Crippen LogP contribution in [0.15, 0.2) is 0 Å². The largest absolute Gasteiger partial charge is 0.396 e. The molecule has 0 saturated carbocycles. The summed E-state index contributed by atoms with van der Waals surface area (Å²) < 4.78 is 0. The average molecular weight is 323 g/mol. The van der Waals surface area contributed by atoms with Crippen molar-refractivity contribution in [3.63, 3.8) is 0 Å². The molecule has 0 fully saturated rings. The van der Waals surface area contributed by atoms with Crippen LogP contribution in [-0.2, 0) is 0 Å². The minimum absolute atomic E-state index is 0. The number of hydrogen-bond donors (Lipinski definition) is 4. The highest BCUT2D eigenvalue weighted by Gasteiger charge is 1.70. The van der Waals surface area contributed by atoms with Gasteiger partial charge in [-0.05, 0) is 25.7 Å². The maximum atomic E-state index is 8.07. The highest BCUT2D eigenvalue weighted by molar-refractivity contribution is 5.75. The molecule has 131 valence electrons. The van der Waals surface area contributed by atoms with Gasteiger partial charge in [-0.15, -0.1) is 0 Å². The third-order valence-corrected chi connectivity index (χ3v) is 2.05. The van der Waals surface area contributed by atoms with Crippen LogP contribution in [0.1, 0.15) is 79.1 Å². The van der Waals surface area contributed by atoms with Crippen LogP contribution in [0.25, 0.3) is 0 Å². The van der Waals surface area contributed by atoms with Gasteiger partial charge in [-0.3, -0.25) is 0 Å². The zero-order chi connectivity index (χ0) is 16.5. The summed E-state index contributed by atoms with van der Waals surface area (Å²) in [4.78, 5) is 0. The first-order chi connectivity index (χ1) is 9.66. The molecule has 0 aromatic rings. The fraction of sp³-hybridized carbons (Fsp3) is 1.00. The Bertz CT molecular complexity index is 74.3. The Kier molecular flexibility index (Phi) is 78.7. The van der Waals surface area contributed by atoms with Gasteiger partial charge >= 0.3 is 0 Å². The smallest absolute Gasteiger partial charge is 0.0430 e. The molecule has 4 nitrogen and oxygen atoms in total. The summed E-state index contributed by atoms with van der Waals surface area (Å²) in [6, 6.07) is 0. The molecule has 21 heavy (non-hydrogen) atoms. The lowest BCUT2D eigenvalue weighted by Gasteiger charge is -1.79. The number of unbranched alkanes of at least 4 members (excludes halogenated alkanes) is 4. The van der Waals surface area contributed by atoms with Crippen molar-refractivity contribution >= 4 is 17.4 Å². The number of rotatable bonds is 8. The molecule has 4 N–H and O–H groups in total. The number of aliphatic hydroxyl groups is 4. The van der Waals surface area contributed by atoms with Crippen LogP contribution in [0.5, 0.6) is 0 Å². The second-order valence-corrected chi connectivity index (χ2v) is 4.31. The van der Waals surface area contributed by atoms with Crippen LogP contribution in [-0.4, -0.2) is 64.2 Å². The minimum Gasteiger partial charge on any atom is -0.396 e. The molecule has 0 unspecified atom stereocenters. The van der Waals surface area contributed by atoms with Crippen LogP contribution >= 0.6 is 0 Å². The van der Waals surface area contributed by atoms with Gasteiger partial charge in [0, 0.05) is 43.8 Å². The fourth-order valence-corrected chi connectivity index (χ4v) is 0.632. The highest BCUT2D eigenvalue weighted by Crippen LogP contribution is 1.80. The quantitative estimate of drug-likeness (QED) is 0.518. The van der Waals surface area contributed by atoms with E-state index in [1.54, 1.807) is 0 Å². The van der Waals surface area contributed by atoms with E-state index < -0.39 is 0 Å². The van der Waals surface area contributed by atoms with E-state index in [4.69, 9.17) is 20.4 Å². The molecule has 0 saturated heterocycles. The van der Waals surface area contributed by atoms with E-state index >= 15 is 0 Å². The van der Waals surface area contributed by atoms with Gasteiger partial charge in [-0.1, -0.05) is 53.4 Å². The lowest BCUT2D eigenvalue weighted by molar-refractivity contribution is 0.286. The Morgan fingerprint density at radius 1 is 0.429 bits per heavy atom. The van der Waals surface area contributed by atoms with E-state index in [1.165, 1.54) is 0 Å². The molecule has 0 heterocycles. The third kappa shape index (κ3) is 98.1. The lowest BCUT2D eigenvalue weighted by atomic mass is 10.4. The average Bonchev–Trinajstić information content (AvgIpc) is 2.44. The highest BCUT2D eigenvalue weighted by atomic mass is 27.0. The van der Waals surface area contributed by atoms with Crippen molar-refractivity contribution in [1.82, 2.24) is 0 Å². The van der Waals surface area contributed by atoms with Crippen molar-refractivity contribution in [2.45, 2.75) is 79.1 Å². The summed E-state index contributed by atoms with van der Waals surface area (Å²) in [6.07, 6.45) is 8.15. The summed E-state index contributed by atoms with van der Waals surface area (Å²) in [5.41, 5.74) is 0. The third-order valence-electron chi connectivity index (χ3n) is 2.05. The second-order valence-electron chi connectivity index (χ2n) is 4.31.